The smallest absolute Gasteiger partial charge is 0.253 e. The van der Waals surface area contributed by atoms with Gasteiger partial charge in [-0.1, -0.05) is 0 Å². The molecular formula is C17H21N3O. The summed E-state index contributed by atoms with van der Waals surface area (Å²) in [5.74, 6) is 2.45. The Morgan fingerprint density at radius 2 is 2.00 bits per heavy atom. The summed E-state index contributed by atoms with van der Waals surface area (Å²) in [7, 11) is 0. The van der Waals surface area contributed by atoms with Gasteiger partial charge in [0, 0.05) is 29.3 Å². The highest BCUT2D eigenvalue weighted by Crippen LogP contribution is 2.48. The first-order valence-corrected chi connectivity index (χ1v) is 7.87. The molecule has 4 rings (SSSR count). The van der Waals surface area contributed by atoms with Crippen molar-refractivity contribution in [1.82, 2.24) is 10.3 Å². The molecule has 1 aromatic heterocycles. The number of H-pyrrole nitrogens is 1. The van der Waals surface area contributed by atoms with Crippen LogP contribution < -0.4 is 11.1 Å². The van der Waals surface area contributed by atoms with E-state index in [0.29, 0.717) is 11.6 Å². The first kappa shape index (κ1) is 12.7. The number of hydrogen-bond acceptors (Lipinski definition) is 2. The van der Waals surface area contributed by atoms with Crippen molar-refractivity contribution >= 4 is 22.5 Å². The zero-order valence-corrected chi connectivity index (χ0v) is 12.1. The molecule has 2 aliphatic carbocycles. The van der Waals surface area contributed by atoms with E-state index in [2.05, 4.69) is 10.3 Å². The second kappa shape index (κ2) is 4.79. The molecule has 2 saturated carbocycles. The second-order valence-electron chi connectivity index (χ2n) is 6.56. The van der Waals surface area contributed by atoms with Gasteiger partial charge in [0.05, 0.1) is 5.56 Å². The van der Waals surface area contributed by atoms with Crippen LogP contribution in [-0.4, -0.2) is 17.4 Å². The molecule has 4 heteroatoms. The summed E-state index contributed by atoms with van der Waals surface area (Å²) >= 11 is 0. The number of nitrogens with two attached hydrogens (primary N) is 1. The van der Waals surface area contributed by atoms with Crippen molar-refractivity contribution in [3.63, 3.8) is 0 Å². The van der Waals surface area contributed by atoms with Crippen LogP contribution >= 0.6 is 0 Å². The van der Waals surface area contributed by atoms with Crippen LogP contribution in [0.4, 0.5) is 5.69 Å². The monoisotopic (exact) mass is 283 g/mol. The highest BCUT2D eigenvalue weighted by molar-refractivity contribution is 6.07. The average Bonchev–Trinajstić information content (AvgIpc) is 3.38. The molecule has 1 heterocycles. The molecule has 0 spiro atoms. The zero-order chi connectivity index (χ0) is 14.4. The van der Waals surface area contributed by atoms with Crippen molar-refractivity contribution in [2.24, 2.45) is 17.8 Å². The summed E-state index contributed by atoms with van der Waals surface area (Å²) < 4.78 is 0. The Labute approximate surface area is 124 Å². The van der Waals surface area contributed by atoms with Crippen LogP contribution in [0.1, 0.15) is 36.0 Å². The Balaban J connectivity index is 1.48. The molecule has 4 nitrogen and oxygen atoms in total. The Morgan fingerprint density at radius 3 is 2.67 bits per heavy atom. The van der Waals surface area contributed by atoms with E-state index in [1.807, 2.05) is 18.2 Å². The van der Waals surface area contributed by atoms with Gasteiger partial charge in [0.25, 0.3) is 5.91 Å². The summed E-state index contributed by atoms with van der Waals surface area (Å²) in [5, 5.41) is 4.09. The summed E-state index contributed by atoms with van der Waals surface area (Å²) in [5.41, 5.74) is 8.11. The molecular weight excluding hydrogens is 262 g/mol. The highest BCUT2D eigenvalue weighted by Gasteiger charge is 2.41. The first-order chi connectivity index (χ1) is 10.2. The quantitative estimate of drug-likeness (QED) is 0.738. The van der Waals surface area contributed by atoms with Crippen molar-refractivity contribution in [3.05, 3.63) is 30.0 Å². The third kappa shape index (κ3) is 2.50. The molecule has 2 aliphatic rings. The van der Waals surface area contributed by atoms with Gasteiger partial charge in [-0.15, -0.1) is 0 Å². The van der Waals surface area contributed by atoms with Crippen molar-refractivity contribution < 1.29 is 4.79 Å². The fourth-order valence-electron chi connectivity index (χ4n) is 3.40. The van der Waals surface area contributed by atoms with Crippen molar-refractivity contribution in [3.8, 4) is 0 Å². The van der Waals surface area contributed by atoms with Crippen molar-refractivity contribution in [1.29, 1.82) is 0 Å². The van der Waals surface area contributed by atoms with Gasteiger partial charge in [-0.05, 0) is 61.6 Å². The third-order valence-corrected chi connectivity index (χ3v) is 4.90. The van der Waals surface area contributed by atoms with Gasteiger partial charge in [-0.25, -0.2) is 0 Å². The van der Waals surface area contributed by atoms with Gasteiger partial charge in [-0.3, -0.25) is 4.79 Å². The Morgan fingerprint density at radius 1 is 1.29 bits per heavy atom. The molecule has 21 heavy (non-hydrogen) atoms. The van der Waals surface area contributed by atoms with Crippen LogP contribution in [0.25, 0.3) is 10.9 Å². The van der Waals surface area contributed by atoms with E-state index in [1.54, 1.807) is 6.20 Å². The van der Waals surface area contributed by atoms with Crippen LogP contribution in [0.3, 0.4) is 0 Å². The predicted molar refractivity (Wildman–Crippen MR) is 84.0 cm³/mol. The van der Waals surface area contributed by atoms with Crippen LogP contribution in [0.5, 0.6) is 0 Å². The SMILES string of the molecule is Nc1ccc2c(C(=O)NCC(C3CC3)C3CC3)c[nH]c2c1. The number of carbonyl (C=O) groups is 1. The summed E-state index contributed by atoms with van der Waals surface area (Å²) in [6, 6.07) is 5.61. The Kier molecular flexibility index (Phi) is 2.91. The number of amides is 1. The van der Waals surface area contributed by atoms with Gasteiger partial charge in [-0.2, -0.15) is 0 Å². The van der Waals surface area contributed by atoms with E-state index in [1.165, 1.54) is 25.7 Å². The van der Waals surface area contributed by atoms with E-state index in [4.69, 9.17) is 5.73 Å². The third-order valence-electron chi connectivity index (χ3n) is 4.90. The standard InChI is InChI=1S/C17H21N3O/c18-12-5-6-13-15(9-19-16(13)7-12)17(21)20-8-14(10-1-2-10)11-3-4-11/h5-7,9-11,14,19H,1-4,8,18H2,(H,20,21). The molecule has 0 aliphatic heterocycles. The molecule has 0 bridgehead atoms. The zero-order valence-electron chi connectivity index (χ0n) is 12.1. The van der Waals surface area contributed by atoms with Gasteiger partial charge in [0.2, 0.25) is 0 Å². The number of anilines is 1. The highest BCUT2D eigenvalue weighted by atomic mass is 16.1. The number of nitrogen functional groups attached to an aromatic ring is 1. The molecule has 2 aromatic rings. The lowest BCUT2D eigenvalue weighted by Gasteiger charge is -2.16. The lowest BCUT2D eigenvalue weighted by atomic mass is 9.98. The minimum absolute atomic E-state index is 0.0253. The average molecular weight is 283 g/mol. The molecule has 1 aromatic carbocycles. The number of rotatable bonds is 5. The van der Waals surface area contributed by atoms with Gasteiger partial charge >= 0.3 is 0 Å². The maximum Gasteiger partial charge on any atom is 0.253 e. The molecule has 0 atom stereocenters. The predicted octanol–water partition coefficient (Wildman–Crippen LogP) is 2.92. The maximum atomic E-state index is 12.4. The molecule has 0 radical (unpaired) electrons. The molecule has 110 valence electrons. The van der Waals surface area contributed by atoms with E-state index in [0.717, 1.165) is 34.8 Å². The normalized spacial score (nSPS) is 18.3. The van der Waals surface area contributed by atoms with Crippen LogP contribution in [0.2, 0.25) is 0 Å². The number of hydrogen-bond donors (Lipinski definition) is 3. The number of nitrogens with one attached hydrogen (secondary N) is 2. The Bertz CT molecular complexity index is 670. The summed E-state index contributed by atoms with van der Waals surface area (Å²) in [6.45, 7) is 0.829. The van der Waals surface area contributed by atoms with Crippen LogP contribution in [0, 0.1) is 17.8 Å². The van der Waals surface area contributed by atoms with E-state index < -0.39 is 0 Å². The molecule has 4 N–H and O–H groups in total. The van der Waals surface area contributed by atoms with Gasteiger partial charge < -0.3 is 16.0 Å². The Hall–Kier alpha value is -1.97. The fourth-order valence-corrected chi connectivity index (χ4v) is 3.40. The topological polar surface area (TPSA) is 70.9 Å². The fraction of sp³-hybridized carbons (Fsp3) is 0.471. The van der Waals surface area contributed by atoms with Gasteiger partial charge in [0.15, 0.2) is 0 Å². The molecule has 0 unspecified atom stereocenters. The number of fused-ring (bicyclic) bond motifs is 1. The van der Waals surface area contributed by atoms with Crippen LogP contribution in [0.15, 0.2) is 24.4 Å². The summed E-state index contributed by atoms with van der Waals surface area (Å²) in [4.78, 5) is 15.6. The number of aromatic amines is 1. The molecule has 2 fully saturated rings. The minimum Gasteiger partial charge on any atom is -0.399 e. The van der Waals surface area contributed by atoms with Gasteiger partial charge in [0.1, 0.15) is 0 Å². The molecule has 1 amide bonds. The van der Waals surface area contributed by atoms with E-state index in [-0.39, 0.29) is 5.91 Å². The first-order valence-electron chi connectivity index (χ1n) is 7.87. The lowest BCUT2D eigenvalue weighted by molar-refractivity contribution is 0.0945. The summed E-state index contributed by atoms with van der Waals surface area (Å²) in [6.07, 6.45) is 7.18. The number of benzene rings is 1. The maximum absolute atomic E-state index is 12.4. The largest absolute Gasteiger partial charge is 0.399 e. The van der Waals surface area contributed by atoms with Crippen molar-refractivity contribution in [2.45, 2.75) is 25.7 Å². The number of aromatic nitrogens is 1. The van der Waals surface area contributed by atoms with Crippen LogP contribution in [-0.2, 0) is 0 Å². The lowest BCUT2D eigenvalue weighted by Crippen LogP contribution is -2.31. The van der Waals surface area contributed by atoms with E-state index in [9.17, 15) is 4.79 Å². The van der Waals surface area contributed by atoms with Crippen molar-refractivity contribution in [2.75, 3.05) is 12.3 Å². The minimum atomic E-state index is 0.0253. The van der Waals surface area contributed by atoms with E-state index >= 15 is 0 Å². The number of carbonyl (C=O) groups excluding carboxylic acids is 1. The second-order valence-corrected chi connectivity index (χ2v) is 6.56. The molecule has 0 saturated heterocycles.